The standard InChI is InChI=1S/C16H23BrN4O2/c1-10(9-23-2)19-16-18-7-13-14(17)8-21(15(13)20-16)11-3-5-12(22)6-4-11/h7-8,10-12,22H,3-6,9H2,1-2H3,(H,18,19,20)/t10-,11?,12?/m0/s1. The van der Waals surface area contributed by atoms with Gasteiger partial charge >= 0.3 is 0 Å². The van der Waals surface area contributed by atoms with Crippen molar-refractivity contribution in [3.05, 3.63) is 16.9 Å². The lowest BCUT2D eigenvalue weighted by molar-refractivity contribution is 0.111. The molecule has 0 radical (unpaired) electrons. The van der Waals surface area contributed by atoms with Crippen molar-refractivity contribution in [2.24, 2.45) is 0 Å². The number of ether oxygens (including phenoxy) is 1. The van der Waals surface area contributed by atoms with E-state index in [1.807, 2.05) is 13.1 Å². The quantitative estimate of drug-likeness (QED) is 0.830. The fourth-order valence-electron chi connectivity index (χ4n) is 3.19. The maximum atomic E-state index is 9.72. The summed E-state index contributed by atoms with van der Waals surface area (Å²) in [4.78, 5) is 9.10. The van der Waals surface area contributed by atoms with Gasteiger partial charge in [-0.05, 0) is 48.5 Å². The number of aliphatic hydroxyl groups excluding tert-OH is 1. The largest absolute Gasteiger partial charge is 0.393 e. The third kappa shape index (κ3) is 3.67. The summed E-state index contributed by atoms with van der Waals surface area (Å²) in [7, 11) is 1.68. The first-order valence-corrected chi connectivity index (χ1v) is 8.84. The van der Waals surface area contributed by atoms with Crippen LogP contribution in [0.4, 0.5) is 5.95 Å². The van der Waals surface area contributed by atoms with Gasteiger partial charge in [-0.15, -0.1) is 0 Å². The lowest BCUT2D eigenvalue weighted by Crippen LogP contribution is -2.23. The molecule has 23 heavy (non-hydrogen) atoms. The normalized spacial score (nSPS) is 23.1. The first-order valence-electron chi connectivity index (χ1n) is 8.05. The molecule has 1 atom stereocenters. The Morgan fingerprint density at radius 3 is 2.87 bits per heavy atom. The van der Waals surface area contributed by atoms with Crippen molar-refractivity contribution in [2.75, 3.05) is 19.0 Å². The lowest BCUT2D eigenvalue weighted by Gasteiger charge is -2.27. The van der Waals surface area contributed by atoms with E-state index in [0.29, 0.717) is 18.6 Å². The van der Waals surface area contributed by atoms with Crippen LogP contribution in [0.5, 0.6) is 0 Å². The average molecular weight is 383 g/mol. The van der Waals surface area contributed by atoms with Crippen molar-refractivity contribution >= 4 is 32.9 Å². The number of nitrogens with zero attached hydrogens (tertiary/aromatic N) is 3. The highest BCUT2D eigenvalue weighted by molar-refractivity contribution is 9.10. The van der Waals surface area contributed by atoms with Crippen molar-refractivity contribution in [1.82, 2.24) is 14.5 Å². The Balaban J connectivity index is 1.89. The van der Waals surface area contributed by atoms with E-state index >= 15 is 0 Å². The summed E-state index contributed by atoms with van der Waals surface area (Å²) in [6.45, 7) is 2.64. The van der Waals surface area contributed by atoms with Crippen molar-refractivity contribution in [3.8, 4) is 0 Å². The summed E-state index contributed by atoms with van der Waals surface area (Å²) in [6, 6.07) is 0.528. The van der Waals surface area contributed by atoms with Gasteiger partial charge in [0, 0.05) is 36.1 Å². The van der Waals surface area contributed by atoms with Gasteiger partial charge in [-0.1, -0.05) is 0 Å². The van der Waals surface area contributed by atoms with Crippen molar-refractivity contribution in [2.45, 2.75) is 50.8 Å². The van der Waals surface area contributed by atoms with Gasteiger partial charge < -0.3 is 19.7 Å². The molecule has 1 aliphatic carbocycles. The number of methoxy groups -OCH3 is 1. The Labute approximate surface area is 144 Å². The number of aliphatic hydroxyl groups is 1. The molecule has 126 valence electrons. The molecule has 2 heterocycles. The number of fused-ring (bicyclic) bond motifs is 1. The first-order chi connectivity index (χ1) is 11.1. The van der Waals surface area contributed by atoms with Gasteiger partial charge in [-0.2, -0.15) is 4.98 Å². The Morgan fingerprint density at radius 2 is 2.17 bits per heavy atom. The van der Waals surface area contributed by atoms with Crippen LogP contribution >= 0.6 is 15.9 Å². The minimum Gasteiger partial charge on any atom is -0.393 e. The van der Waals surface area contributed by atoms with Gasteiger partial charge in [0.2, 0.25) is 5.95 Å². The van der Waals surface area contributed by atoms with E-state index in [4.69, 9.17) is 9.72 Å². The second-order valence-corrected chi connectivity index (χ2v) is 7.13. The molecule has 0 aliphatic heterocycles. The zero-order valence-corrected chi connectivity index (χ0v) is 15.1. The minimum absolute atomic E-state index is 0.147. The summed E-state index contributed by atoms with van der Waals surface area (Å²) in [5.74, 6) is 0.616. The molecular weight excluding hydrogens is 360 g/mol. The number of hydrogen-bond acceptors (Lipinski definition) is 5. The molecule has 0 amide bonds. The minimum atomic E-state index is -0.154. The van der Waals surface area contributed by atoms with E-state index in [-0.39, 0.29) is 12.1 Å². The third-order valence-corrected chi connectivity index (χ3v) is 5.01. The van der Waals surface area contributed by atoms with Crippen molar-refractivity contribution in [3.63, 3.8) is 0 Å². The molecule has 2 N–H and O–H groups in total. The molecule has 7 heteroatoms. The number of nitrogens with one attached hydrogen (secondary N) is 1. The second kappa shape index (κ2) is 7.15. The Kier molecular flexibility index (Phi) is 5.18. The van der Waals surface area contributed by atoms with Crippen LogP contribution < -0.4 is 5.32 Å². The van der Waals surface area contributed by atoms with Gasteiger partial charge in [-0.25, -0.2) is 4.98 Å². The van der Waals surface area contributed by atoms with E-state index in [1.54, 1.807) is 7.11 Å². The summed E-state index contributed by atoms with van der Waals surface area (Å²) < 4.78 is 8.37. The number of halogens is 1. The molecule has 1 aliphatic rings. The van der Waals surface area contributed by atoms with Crippen molar-refractivity contribution in [1.29, 1.82) is 0 Å². The van der Waals surface area contributed by atoms with Crippen LogP contribution in [-0.2, 0) is 4.74 Å². The SMILES string of the molecule is COC[C@H](C)Nc1ncc2c(Br)cn(C3CCC(O)CC3)c2n1. The van der Waals surface area contributed by atoms with Crippen molar-refractivity contribution < 1.29 is 9.84 Å². The predicted octanol–water partition coefficient (Wildman–Crippen LogP) is 3.12. The van der Waals surface area contributed by atoms with E-state index in [1.165, 1.54) is 0 Å². The summed E-state index contributed by atoms with van der Waals surface area (Å²) in [5.41, 5.74) is 0.931. The molecule has 1 fully saturated rings. The molecule has 0 spiro atoms. The number of anilines is 1. The van der Waals surface area contributed by atoms with E-state index in [0.717, 1.165) is 41.2 Å². The molecule has 6 nitrogen and oxygen atoms in total. The van der Waals surface area contributed by atoms with E-state index in [9.17, 15) is 5.11 Å². The third-order valence-electron chi connectivity index (χ3n) is 4.37. The highest BCUT2D eigenvalue weighted by Crippen LogP contribution is 2.34. The first kappa shape index (κ1) is 16.7. The Hall–Kier alpha value is -1.18. The van der Waals surface area contributed by atoms with Crippen LogP contribution in [0.15, 0.2) is 16.9 Å². The molecule has 2 aromatic heterocycles. The van der Waals surface area contributed by atoms with Crippen LogP contribution in [0, 0.1) is 0 Å². The number of rotatable bonds is 5. The predicted molar refractivity (Wildman–Crippen MR) is 93.7 cm³/mol. The zero-order chi connectivity index (χ0) is 16.4. The summed E-state index contributed by atoms with van der Waals surface area (Å²) in [6.07, 6.45) is 7.44. The molecule has 1 saturated carbocycles. The summed E-state index contributed by atoms with van der Waals surface area (Å²) in [5, 5.41) is 14.0. The number of hydrogen-bond donors (Lipinski definition) is 2. The molecular formula is C16H23BrN4O2. The fourth-order valence-corrected chi connectivity index (χ4v) is 3.69. The Morgan fingerprint density at radius 1 is 1.43 bits per heavy atom. The van der Waals surface area contributed by atoms with Crippen LogP contribution in [0.25, 0.3) is 11.0 Å². The maximum Gasteiger partial charge on any atom is 0.224 e. The monoisotopic (exact) mass is 382 g/mol. The molecule has 0 saturated heterocycles. The van der Waals surface area contributed by atoms with Gasteiger partial charge in [0.05, 0.1) is 18.1 Å². The lowest BCUT2D eigenvalue weighted by atomic mass is 9.93. The topological polar surface area (TPSA) is 72.2 Å². The van der Waals surface area contributed by atoms with Crippen LogP contribution in [0.2, 0.25) is 0 Å². The molecule has 0 aromatic carbocycles. The van der Waals surface area contributed by atoms with Crippen LogP contribution in [0.1, 0.15) is 38.6 Å². The average Bonchev–Trinajstić information content (AvgIpc) is 2.85. The second-order valence-electron chi connectivity index (χ2n) is 6.28. The van der Waals surface area contributed by atoms with Gasteiger partial charge in [0.15, 0.2) is 0 Å². The fraction of sp³-hybridized carbons (Fsp3) is 0.625. The molecule has 0 unspecified atom stereocenters. The van der Waals surface area contributed by atoms with Gasteiger partial charge in [0.1, 0.15) is 5.65 Å². The molecule has 2 aromatic rings. The molecule has 3 rings (SSSR count). The van der Waals surface area contributed by atoms with Crippen LogP contribution in [-0.4, -0.2) is 45.5 Å². The molecule has 0 bridgehead atoms. The summed E-state index contributed by atoms with van der Waals surface area (Å²) >= 11 is 3.61. The van der Waals surface area contributed by atoms with Gasteiger partial charge in [0.25, 0.3) is 0 Å². The van der Waals surface area contributed by atoms with Crippen LogP contribution in [0.3, 0.4) is 0 Å². The maximum absolute atomic E-state index is 9.72. The number of aromatic nitrogens is 3. The van der Waals surface area contributed by atoms with Gasteiger partial charge in [-0.3, -0.25) is 0 Å². The zero-order valence-electron chi connectivity index (χ0n) is 13.5. The van der Waals surface area contributed by atoms with E-state index < -0.39 is 0 Å². The van der Waals surface area contributed by atoms with E-state index in [2.05, 4.69) is 37.0 Å². The highest BCUT2D eigenvalue weighted by atomic mass is 79.9. The Bertz CT molecular complexity index is 667. The highest BCUT2D eigenvalue weighted by Gasteiger charge is 2.23. The smallest absolute Gasteiger partial charge is 0.224 e.